The van der Waals surface area contributed by atoms with Gasteiger partial charge in [0.05, 0.1) is 36.0 Å². The maximum Gasteiger partial charge on any atom is 0.227 e. The number of H-pyrrole nitrogens is 1. The predicted octanol–water partition coefficient (Wildman–Crippen LogP) is 22.2. The molecule has 0 amide bonds. The van der Waals surface area contributed by atoms with Crippen LogP contribution in [0, 0.1) is 11.7 Å². The Morgan fingerprint density at radius 2 is 0.881 bits per heavy atom. The van der Waals surface area contributed by atoms with E-state index in [0.29, 0.717) is 42.1 Å². The molecule has 1 saturated heterocycles. The van der Waals surface area contributed by atoms with Crippen LogP contribution in [0.1, 0.15) is 135 Å². The predicted molar refractivity (Wildman–Crippen MR) is 512 cm³/mol. The van der Waals surface area contributed by atoms with E-state index in [1.165, 1.54) is 139 Å². The van der Waals surface area contributed by atoms with E-state index >= 15 is 0 Å². The fourth-order valence-electron chi connectivity index (χ4n) is 18.3. The summed E-state index contributed by atoms with van der Waals surface area (Å²) in [7, 11) is 3.48. The number of aromatic nitrogens is 9. The topological polar surface area (TPSA) is 192 Å². The van der Waals surface area contributed by atoms with Gasteiger partial charge in [0.25, 0.3) is 0 Å². The normalized spacial score (nSPS) is 15.5. The van der Waals surface area contributed by atoms with Gasteiger partial charge in [-0.2, -0.15) is 0 Å². The van der Waals surface area contributed by atoms with Crippen molar-refractivity contribution in [1.82, 2.24) is 54.7 Å². The van der Waals surface area contributed by atoms with Crippen molar-refractivity contribution in [2.45, 2.75) is 95.3 Å². The van der Waals surface area contributed by atoms with E-state index in [1.807, 2.05) is 37.1 Å². The lowest BCUT2D eigenvalue weighted by atomic mass is 9.78. The zero-order valence-corrected chi connectivity index (χ0v) is 73.8. The molecule has 0 spiro atoms. The van der Waals surface area contributed by atoms with Crippen LogP contribution in [0.2, 0.25) is 0 Å². The Labute approximate surface area is 747 Å². The van der Waals surface area contributed by atoms with Crippen LogP contribution in [0.3, 0.4) is 0 Å². The van der Waals surface area contributed by atoms with Gasteiger partial charge in [0.1, 0.15) is 5.82 Å². The molecule has 0 bridgehead atoms. The Kier molecular flexibility index (Phi) is 28.2. The zero-order valence-electron chi connectivity index (χ0n) is 72.2. The van der Waals surface area contributed by atoms with Crippen LogP contribution >= 0.6 is 15.9 Å². The van der Waals surface area contributed by atoms with Crippen molar-refractivity contribution >= 4 is 56.3 Å². The molecule has 4 atom stereocenters. The van der Waals surface area contributed by atoms with Crippen molar-refractivity contribution in [2.24, 2.45) is 5.92 Å². The molecule has 19 heteroatoms. The number of ether oxygens (including phenoxy) is 2. The molecule has 5 N–H and O–H groups in total. The van der Waals surface area contributed by atoms with E-state index in [4.69, 9.17) is 29.4 Å². The van der Waals surface area contributed by atoms with Gasteiger partial charge in [-0.05, 0) is 204 Å². The van der Waals surface area contributed by atoms with Crippen molar-refractivity contribution < 1.29 is 13.9 Å². The van der Waals surface area contributed by atoms with Gasteiger partial charge in [0.2, 0.25) is 23.8 Å². The smallest absolute Gasteiger partial charge is 0.227 e. The summed E-state index contributed by atoms with van der Waals surface area (Å²) < 4.78 is 25.0. The number of hydrogen-bond donors (Lipinski definition) is 5. The molecule has 1 fully saturated rings. The number of halogens is 2. The summed E-state index contributed by atoms with van der Waals surface area (Å²) in [6.45, 7) is 14.8. The Balaban J connectivity index is 0.000000120. The van der Waals surface area contributed by atoms with Crippen LogP contribution in [-0.2, 0) is 48.0 Å². The number of fused-ring (bicyclic) bond motifs is 13. The van der Waals surface area contributed by atoms with E-state index in [0.717, 1.165) is 152 Å². The first-order chi connectivity index (χ1) is 62.0. The van der Waals surface area contributed by atoms with Gasteiger partial charge in [-0.15, -0.1) is 0 Å². The van der Waals surface area contributed by atoms with E-state index < -0.39 is 0 Å². The van der Waals surface area contributed by atoms with Crippen molar-refractivity contribution in [3.63, 3.8) is 0 Å². The number of rotatable bonds is 27. The van der Waals surface area contributed by atoms with Crippen LogP contribution in [0.5, 0.6) is 0 Å². The molecule has 20 rings (SSSR count). The van der Waals surface area contributed by atoms with E-state index in [-0.39, 0.29) is 11.7 Å². The number of hydrogen-bond acceptors (Lipinski definition) is 16. The Bertz CT molecular complexity index is 6130. The summed E-state index contributed by atoms with van der Waals surface area (Å²) in [5, 5.41) is 14.6. The fourth-order valence-corrected chi connectivity index (χ4v) is 18.7. The molecule has 4 unspecified atom stereocenters. The molecule has 15 aromatic rings. The number of nitrogens with one attached hydrogen (secondary N) is 5. The molecular weight excluding hydrogens is 1630 g/mol. The highest BCUT2D eigenvalue weighted by molar-refractivity contribution is 9.10. The highest BCUT2D eigenvalue weighted by atomic mass is 79.9. The second-order valence-corrected chi connectivity index (χ2v) is 34.5. The van der Waals surface area contributed by atoms with Gasteiger partial charge >= 0.3 is 0 Å². The molecule has 0 saturated carbocycles. The molecule has 0 radical (unpaired) electrons. The summed E-state index contributed by atoms with van der Waals surface area (Å²) >= 11 is 3.63. The molecule has 126 heavy (non-hydrogen) atoms. The van der Waals surface area contributed by atoms with Gasteiger partial charge in [-0.3, -0.25) is 4.90 Å². The largest absolute Gasteiger partial charge is 0.383 e. The molecule has 1 aliphatic heterocycles. The number of likely N-dealkylation sites (tertiary alicyclic amines) is 1. The van der Waals surface area contributed by atoms with Crippen molar-refractivity contribution in [1.29, 1.82) is 0 Å². The minimum Gasteiger partial charge on any atom is -0.383 e. The van der Waals surface area contributed by atoms with E-state index in [1.54, 1.807) is 14.2 Å². The van der Waals surface area contributed by atoms with Crippen molar-refractivity contribution in [2.75, 3.05) is 108 Å². The maximum atomic E-state index is 13.4. The molecule has 17 nitrogen and oxygen atoms in total. The van der Waals surface area contributed by atoms with Crippen LogP contribution in [0.4, 0.5) is 33.9 Å². The average molecular weight is 1740 g/mol. The molecule has 5 aromatic heterocycles. The first-order valence-electron chi connectivity index (χ1n) is 44.5. The third-order valence-electron chi connectivity index (χ3n) is 24.7. The van der Waals surface area contributed by atoms with Crippen LogP contribution < -0.4 is 21.3 Å². The first-order valence-corrected chi connectivity index (χ1v) is 45.3. The molecule has 6 heterocycles. The van der Waals surface area contributed by atoms with Gasteiger partial charge < -0.3 is 40.6 Å². The summed E-state index contributed by atoms with van der Waals surface area (Å²) in [5.74, 6) is 4.37. The molecule has 5 aliphatic rings. The minimum atomic E-state index is -0.230. The maximum absolute atomic E-state index is 13.4. The SMILES string of the molecule is CC(C)CNc1ncc2c(n1)-c1ccccc1C(c1ccccc1)C2.COCCN(CCOC)CCc1ccc(Nc2ncc3c(n2)-c2ccccc2C(c2cccc(Br)c2)C3)cc1.Fc1ccc2c(CCNc3ncc4c(n3)-c3ccccc3C(c3ccccc3)C4)c[nH]c2c1.c1ccc(C2Cc3cnc(NCCCN4CCCC4)nc3-c3ccccc32)cc1. The highest BCUT2D eigenvalue weighted by Gasteiger charge is 2.33. The Morgan fingerprint density at radius 3 is 1.35 bits per heavy atom. The number of nitrogens with zero attached hydrogens (tertiary/aromatic N) is 10. The zero-order chi connectivity index (χ0) is 85.9. The highest BCUT2D eigenvalue weighted by Crippen LogP contribution is 2.47. The Hall–Kier alpha value is -12.5. The summed E-state index contributed by atoms with van der Waals surface area (Å²) in [6, 6.07) is 88.6. The quantitative estimate of drug-likeness (QED) is 0.0305. The third kappa shape index (κ3) is 20.9. The Morgan fingerprint density at radius 1 is 0.452 bits per heavy atom. The summed E-state index contributed by atoms with van der Waals surface area (Å²) in [6.07, 6.45) is 19.2. The summed E-state index contributed by atoms with van der Waals surface area (Å²) in [5.41, 5.74) is 28.7. The second-order valence-electron chi connectivity index (χ2n) is 33.6. The van der Waals surface area contributed by atoms with Crippen LogP contribution in [0.25, 0.3) is 55.9 Å². The fraction of sp³-hybridized carbons (Fsp3) is 0.271. The summed E-state index contributed by atoms with van der Waals surface area (Å²) in [4.78, 5) is 46.1. The standard InChI is InChI=1S/C32H35BrN4O2.C28H23FN4.C25H28N4.C22H23N3/c1-38-18-16-37(17-19-39-2)15-14-23-10-12-27(13-11-23)35-32-34-22-25-21-30(24-6-5-7-26(33)20-24)28-8-3-4-9-29(28)31(25)36-32;29-21-10-11-22-19(16-31-26(22)15-21)12-13-30-28-32-17-20-14-25(18-6-2-1-3-7-18)23-8-4-5-9-24(23)27(20)33-28;1-2-9-19(10-3-1)23-17-20-18-27-25(26-13-8-16-29-14-6-7-15-29)28-24(20)22-12-5-4-11-21(22)23;1-15(2)13-23-22-24-14-17-12-20(16-8-4-3-5-9-16)18-10-6-7-11-19(18)21(17)25-22/h3-13,20,22,30H,14-19,21H2,1-2H3,(H,34,35,36);1-11,15-17,25,31H,12-14H2,(H,30,32,33);1-5,9-12,18,23H,6-8,13-17H2,(H,26,27,28);3-11,14-15,20H,12-13H2,1-2H3,(H,23,24,25). The van der Waals surface area contributed by atoms with Gasteiger partial charge in [0, 0.05) is 151 Å². The van der Waals surface area contributed by atoms with Gasteiger partial charge in [-0.1, -0.05) is 242 Å². The van der Waals surface area contributed by atoms with Crippen molar-refractivity contribution in [3.05, 3.63) is 374 Å². The molecule has 10 aromatic carbocycles. The number of methoxy groups -OCH3 is 2. The van der Waals surface area contributed by atoms with Crippen LogP contribution in [-0.4, -0.2) is 141 Å². The van der Waals surface area contributed by atoms with Gasteiger partial charge in [-0.25, -0.2) is 44.3 Å². The molecule has 4 aliphatic carbocycles. The first kappa shape index (κ1) is 85.7. The lowest BCUT2D eigenvalue weighted by Crippen LogP contribution is -2.32. The van der Waals surface area contributed by atoms with Crippen LogP contribution in [0.15, 0.2) is 290 Å². The third-order valence-corrected chi connectivity index (χ3v) is 25.2. The van der Waals surface area contributed by atoms with Crippen molar-refractivity contribution in [3.8, 4) is 45.0 Å². The molecule has 638 valence electrons. The number of benzene rings is 10. The van der Waals surface area contributed by atoms with E-state index in [9.17, 15) is 4.39 Å². The minimum absolute atomic E-state index is 0.230. The van der Waals surface area contributed by atoms with E-state index in [2.05, 4.69) is 322 Å². The molecular formula is C107H109BrFN15O2. The lowest BCUT2D eigenvalue weighted by molar-refractivity contribution is 0.115. The monoisotopic (exact) mass is 1730 g/mol. The second kappa shape index (κ2) is 41.5. The number of anilines is 5. The average Bonchev–Trinajstić information content (AvgIpc) is 0.925. The lowest BCUT2D eigenvalue weighted by Gasteiger charge is -2.27. The van der Waals surface area contributed by atoms with Gasteiger partial charge in [0.15, 0.2) is 0 Å². The number of aromatic amines is 1.